The van der Waals surface area contributed by atoms with Crippen molar-refractivity contribution < 1.29 is 19.4 Å². The van der Waals surface area contributed by atoms with Gasteiger partial charge in [-0.1, -0.05) is 0 Å². The number of phenolic OH excluding ortho intramolecular Hbond substituents is 1. The van der Waals surface area contributed by atoms with Crippen LogP contribution in [-0.2, 0) is 11.3 Å². The molecule has 0 aliphatic heterocycles. The number of nitrogens with zero attached hydrogens (tertiary/aromatic N) is 2. The number of hydrogen-bond acceptors (Lipinski definition) is 6. The Morgan fingerprint density at radius 3 is 2.70 bits per heavy atom. The molecule has 6 nitrogen and oxygen atoms in total. The van der Waals surface area contributed by atoms with Crippen LogP contribution in [0.15, 0.2) is 35.3 Å². The summed E-state index contributed by atoms with van der Waals surface area (Å²) in [6, 6.07) is 4.35. The van der Waals surface area contributed by atoms with E-state index >= 15 is 0 Å². The fraction of sp³-hybridized carbons (Fsp3) is 0.154. The highest BCUT2D eigenvalue weighted by atomic mass is 79.9. The molecular formula is C13H11BrN2O4. The monoisotopic (exact) mass is 338 g/mol. The number of rotatable bonds is 4. The van der Waals surface area contributed by atoms with Gasteiger partial charge >= 0.3 is 5.97 Å². The van der Waals surface area contributed by atoms with Gasteiger partial charge in [0.1, 0.15) is 23.7 Å². The van der Waals surface area contributed by atoms with Crippen LogP contribution in [0.5, 0.6) is 11.5 Å². The maximum Gasteiger partial charge on any atom is 0.341 e. The van der Waals surface area contributed by atoms with Crippen molar-refractivity contribution in [3.05, 3.63) is 46.5 Å². The van der Waals surface area contributed by atoms with Gasteiger partial charge in [-0.2, -0.15) is 0 Å². The average Bonchev–Trinajstić information content (AvgIpc) is 2.47. The molecule has 2 rings (SSSR count). The minimum absolute atomic E-state index is 0.0528. The quantitative estimate of drug-likeness (QED) is 0.680. The number of esters is 1. The second-order valence-electron chi connectivity index (χ2n) is 3.82. The summed E-state index contributed by atoms with van der Waals surface area (Å²) in [4.78, 5) is 19.4. The van der Waals surface area contributed by atoms with Crippen LogP contribution in [0.1, 0.15) is 15.9 Å². The number of phenols is 1. The summed E-state index contributed by atoms with van der Waals surface area (Å²) in [5, 5.41) is 9.57. The third-order valence-corrected chi connectivity index (χ3v) is 2.86. The third-order valence-electron chi connectivity index (χ3n) is 2.45. The fourth-order valence-electron chi connectivity index (χ4n) is 1.46. The van der Waals surface area contributed by atoms with E-state index in [1.165, 1.54) is 19.2 Å². The lowest BCUT2D eigenvalue weighted by Crippen LogP contribution is -2.03. The molecule has 0 atom stereocenters. The van der Waals surface area contributed by atoms with Crippen molar-refractivity contribution in [3.63, 3.8) is 0 Å². The van der Waals surface area contributed by atoms with Gasteiger partial charge in [0.2, 0.25) is 0 Å². The van der Waals surface area contributed by atoms with Gasteiger partial charge in [-0.15, -0.1) is 0 Å². The highest BCUT2D eigenvalue weighted by Crippen LogP contribution is 2.24. The summed E-state index contributed by atoms with van der Waals surface area (Å²) < 4.78 is 10.6. The van der Waals surface area contributed by atoms with E-state index in [2.05, 4.69) is 30.6 Å². The van der Waals surface area contributed by atoms with E-state index < -0.39 is 5.97 Å². The lowest BCUT2D eigenvalue weighted by atomic mass is 10.2. The molecular weight excluding hydrogens is 328 g/mol. The average molecular weight is 339 g/mol. The first kappa shape index (κ1) is 14.3. The topological polar surface area (TPSA) is 81.5 Å². The van der Waals surface area contributed by atoms with E-state index in [0.29, 0.717) is 10.5 Å². The Bertz CT molecular complexity index is 616. The van der Waals surface area contributed by atoms with Gasteiger partial charge in [-0.3, -0.25) is 0 Å². The summed E-state index contributed by atoms with van der Waals surface area (Å²) in [6.45, 7) is 0.249. The molecule has 0 saturated heterocycles. The Hall–Kier alpha value is -2.15. The molecule has 0 aliphatic carbocycles. The number of aromatic hydroxyl groups is 1. The lowest BCUT2D eigenvalue weighted by molar-refractivity contribution is 0.0597. The zero-order valence-corrected chi connectivity index (χ0v) is 12.1. The van der Waals surface area contributed by atoms with Crippen molar-refractivity contribution in [2.24, 2.45) is 0 Å². The van der Waals surface area contributed by atoms with Crippen LogP contribution >= 0.6 is 15.9 Å². The van der Waals surface area contributed by atoms with Crippen LogP contribution in [-0.4, -0.2) is 28.2 Å². The lowest BCUT2D eigenvalue weighted by Gasteiger charge is -2.08. The molecule has 0 radical (unpaired) electrons. The van der Waals surface area contributed by atoms with E-state index in [9.17, 15) is 9.90 Å². The van der Waals surface area contributed by atoms with Crippen molar-refractivity contribution in [2.75, 3.05) is 7.11 Å². The van der Waals surface area contributed by atoms with Gasteiger partial charge in [-0.05, 0) is 34.1 Å². The van der Waals surface area contributed by atoms with E-state index in [1.54, 1.807) is 18.5 Å². The molecule has 0 unspecified atom stereocenters. The van der Waals surface area contributed by atoms with E-state index in [0.717, 1.165) is 5.56 Å². The highest BCUT2D eigenvalue weighted by Gasteiger charge is 2.12. The van der Waals surface area contributed by atoms with Crippen molar-refractivity contribution >= 4 is 21.9 Å². The first-order valence-corrected chi connectivity index (χ1v) is 6.40. The number of carbonyl (C=O) groups excluding carboxylic acids is 1. The Morgan fingerprint density at radius 1 is 1.35 bits per heavy atom. The van der Waals surface area contributed by atoms with Crippen LogP contribution in [0.4, 0.5) is 0 Å². The number of halogens is 1. The molecule has 1 aromatic carbocycles. The minimum Gasteiger partial charge on any atom is -0.507 e. The summed E-state index contributed by atoms with van der Waals surface area (Å²) in [7, 11) is 1.24. The maximum absolute atomic E-state index is 11.4. The van der Waals surface area contributed by atoms with Gasteiger partial charge in [0.25, 0.3) is 0 Å². The smallest absolute Gasteiger partial charge is 0.341 e. The zero-order valence-electron chi connectivity index (χ0n) is 10.5. The second kappa shape index (κ2) is 6.33. The van der Waals surface area contributed by atoms with E-state index in [4.69, 9.17) is 4.74 Å². The van der Waals surface area contributed by atoms with Gasteiger partial charge in [-0.25, -0.2) is 14.8 Å². The number of carbonyl (C=O) groups is 1. The zero-order chi connectivity index (χ0) is 14.5. The van der Waals surface area contributed by atoms with Crippen LogP contribution in [0.3, 0.4) is 0 Å². The minimum atomic E-state index is -0.625. The Morgan fingerprint density at radius 2 is 2.05 bits per heavy atom. The fourth-order valence-corrected chi connectivity index (χ4v) is 1.66. The molecule has 1 heterocycles. The summed E-state index contributed by atoms with van der Waals surface area (Å²) in [5.74, 6) is -0.345. The van der Waals surface area contributed by atoms with Crippen molar-refractivity contribution in [3.8, 4) is 11.5 Å². The van der Waals surface area contributed by atoms with Crippen molar-refractivity contribution in [1.29, 1.82) is 0 Å². The van der Waals surface area contributed by atoms with E-state index in [1.807, 2.05) is 0 Å². The molecule has 0 bridgehead atoms. The maximum atomic E-state index is 11.4. The SMILES string of the molecule is COC(=O)c1cc(OCc2cnc(Br)nc2)ccc1O. The Balaban J connectivity index is 2.10. The molecule has 0 spiro atoms. The first-order valence-electron chi connectivity index (χ1n) is 5.60. The largest absolute Gasteiger partial charge is 0.507 e. The van der Waals surface area contributed by atoms with Crippen LogP contribution in [0.25, 0.3) is 0 Å². The predicted octanol–water partition coefficient (Wildman–Crippen LogP) is 2.31. The number of benzene rings is 1. The molecule has 7 heteroatoms. The van der Waals surface area contributed by atoms with Gasteiger partial charge in [0, 0.05) is 18.0 Å². The van der Waals surface area contributed by atoms with E-state index in [-0.39, 0.29) is 17.9 Å². The molecule has 0 fully saturated rings. The summed E-state index contributed by atoms with van der Waals surface area (Å²) in [6.07, 6.45) is 3.25. The van der Waals surface area contributed by atoms with Gasteiger partial charge in [0.05, 0.1) is 7.11 Å². The molecule has 1 aromatic heterocycles. The summed E-state index contributed by atoms with van der Waals surface area (Å²) >= 11 is 3.14. The molecule has 1 N–H and O–H groups in total. The number of methoxy groups -OCH3 is 1. The number of hydrogen-bond donors (Lipinski definition) is 1. The Labute approximate surface area is 123 Å². The molecule has 104 valence electrons. The molecule has 0 aliphatic rings. The first-order chi connectivity index (χ1) is 9.60. The predicted molar refractivity (Wildman–Crippen MR) is 73.5 cm³/mol. The highest BCUT2D eigenvalue weighted by molar-refractivity contribution is 9.10. The number of ether oxygens (including phenoxy) is 2. The normalized spacial score (nSPS) is 10.1. The van der Waals surface area contributed by atoms with Crippen LogP contribution in [0.2, 0.25) is 0 Å². The molecule has 20 heavy (non-hydrogen) atoms. The van der Waals surface area contributed by atoms with Crippen molar-refractivity contribution in [2.45, 2.75) is 6.61 Å². The molecule has 0 saturated carbocycles. The second-order valence-corrected chi connectivity index (χ2v) is 4.53. The van der Waals surface area contributed by atoms with Gasteiger partial charge in [0.15, 0.2) is 4.73 Å². The standard InChI is InChI=1S/C13H11BrN2O4/c1-19-12(18)10-4-9(2-3-11(10)17)20-7-8-5-15-13(14)16-6-8/h2-6,17H,7H2,1H3. The van der Waals surface area contributed by atoms with Crippen LogP contribution < -0.4 is 4.74 Å². The molecule has 0 amide bonds. The van der Waals surface area contributed by atoms with Crippen molar-refractivity contribution in [1.82, 2.24) is 9.97 Å². The molecule has 2 aromatic rings. The van der Waals surface area contributed by atoms with Gasteiger partial charge < -0.3 is 14.6 Å². The van der Waals surface area contributed by atoms with Crippen LogP contribution in [0, 0.1) is 0 Å². The number of aromatic nitrogens is 2. The summed E-state index contributed by atoms with van der Waals surface area (Å²) in [5.41, 5.74) is 0.831. The Kier molecular flexibility index (Phi) is 4.52. The third kappa shape index (κ3) is 3.45.